The van der Waals surface area contributed by atoms with E-state index in [2.05, 4.69) is 20.1 Å². The first kappa shape index (κ1) is 35.0. The maximum Gasteiger partial charge on any atom is 0.459 e. The van der Waals surface area contributed by atoms with Crippen LogP contribution in [-0.4, -0.2) is 94.7 Å². The molecule has 0 aliphatic carbocycles. The Hall–Kier alpha value is -3.30. The lowest BCUT2D eigenvalue weighted by Gasteiger charge is -2.29. The molecule has 47 heavy (non-hydrogen) atoms. The number of aromatic nitrogens is 3. The Kier molecular flexibility index (Phi) is 11.1. The van der Waals surface area contributed by atoms with Crippen molar-refractivity contribution in [2.24, 2.45) is 5.92 Å². The van der Waals surface area contributed by atoms with E-state index in [9.17, 15) is 19.6 Å². The molecule has 0 bridgehead atoms. The maximum atomic E-state index is 14.3. The molecule has 2 aliphatic rings. The van der Waals surface area contributed by atoms with E-state index in [1.54, 1.807) is 31.2 Å². The molecule has 6 atom stereocenters. The highest BCUT2D eigenvalue weighted by Crippen LogP contribution is 2.47. The predicted molar refractivity (Wildman–Crippen MR) is 173 cm³/mol. The molecule has 5 rings (SSSR count). The van der Waals surface area contributed by atoms with E-state index in [-0.39, 0.29) is 24.1 Å². The van der Waals surface area contributed by atoms with Gasteiger partial charge in [-0.3, -0.25) is 9.32 Å². The zero-order valence-corrected chi connectivity index (χ0v) is 28.0. The monoisotopic (exact) mass is 676 g/mol. The summed E-state index contributed by atoms with van der Waals surface area (Å²) in [5.41, 5.74) is 6.40. The molecule has 0 spiro atoms. The number of benzene rings is 1. The molecule has 0 radical (unpaired) electrons. The number of nitrogens with zero attached hydrogens (tertiary/aromatic N) is 4. The Balaban J connectivity index is 1.32. The number of ether oxygens (including phenoxy) is 3. The smallest absolute Gasteiger partial charge is 0.459 e. The lowest BCUT2D eigenvalue weighted by atomic mass is 9.93. The lowest BCUT2D eigenvalue weighted by molar-refractivity contribution is -0.146. The molecule has 16 heteroatoms. The van der Waals surface area contributed by atoms with Crippen molar-refractivity contribution in [3.8, 4) is 5.75 Å². The number of esters is 1. The summed E-state index contributed by atoms with van der Waals surface area (Å²) in [6, 6.07) is 9.28. The molecule has 258 valence electrons. The van der Waals surface area contributed by atoms with Gasteiger partial charge >= 0.3 is 13.7 Å². The molecule has 1 unspecified atom stereocenters. The highest BCUT2D eigenvalue weighted by Gasteiger charge is 2.54. The van der Waals surface area contributed by atoms with E-state index in [1.807, 2.05) is 26.0 Å². The number of hydrogen-bond acceptors (Lipinski definition) is 13. The van der Waals surface area contributed by atoms with Gasteiger partial charge in [-0.15, -0.1) is 0 Å². The zero-order chi connectivity index (χ0) is 33.8. The molecule has 3 aromatic rings. The van der Waals surface area contributed by atoms with Gasteiger partial charge in [0, 0.05) is 18.8 Å². The van der Waals surface area contributed by atoms with Crippen molar-refractivity contribution < 1.29 is 42.8 Å². The number of morpholine rings is 1. The number of carbonyl (C=O) groups excluding carboxylic acids is 1. The van der Waals surface area contributed by atoms with Gasteiger partial charge in [0.1, 0.15) is 47.5 Å². The molecule has 0 saturated carbocycles. The number of nitrogens with one attached hydrogen (secondary N) is 1. The number of nitrogen functional groups attached to an aromatic ring is 1. The van der Waals surface area contributed by atoms with Gasteiger partial charge in [-0.2, -0.15) is 10.2 Å². The minimum Gasteiger partial charge on any atom is -0.464 e. The van der Waals surface area contributed by atoms with Crippen LogP contribution in [0.2, 0.25) is 0 Å². The Morgan fingerprint density at radius 2 is 1.87 bits per heavy atom. The second kappa shape index (κ2) is 14.9. The fourth-order valence-corrected chi connectivity index (χ4v) is 7.24. The van der Waals surface area contributed by atoms with Crippen molar-refractivity contribution >= 4 is 30.7 Å². The molecule has 2 saturated heterocycles. The van der Waals surface area contributed by atoms with E-state index in [1.165, 1.54) is 17.8 Å². The summed E-state index contributed by atoms with van der Waals surface area (Å²) in [5, 5.41) is 29.1. The molecule has 2 fully saturated rings. The SMILES string of the molecule is CCC(CC)COC(=O)[C@H](C)NP(=O)(OC[C@H]1O[C@@](C)(c2ccc3c(N)ncnn23)[C@H](O)[C@@H]1O)Oc1ccc(N2CCOCC2)cc1. The van der Waals surface area contributed by atoms with E-state index in [0.717, 1.165) is 31.6 Å². The van der Waals surface area contributed by atoms with Gasteiger partial charge in [0.25, 0.3) is 0 Å². The largest absolute Gasteiger partial charge is 0.464 e. The topological polar surface area (TPSA) is 192 Å². The van der Waals surface area contributed by atoms with Gasteiger partial charge in [0.15, 0.2) is 5.82 Å². The first-order valence-electron chi connectivity index (χ1n) is 15.9. The van der Waals surface area contributed by atoms with Gasteiger partial charge in [-0.1, -0.05) is 26.7 Å². The second-order valence-corrected chi connectivity index (χ2v) is 13.7. The Morgan fingerprint density at radius 3 is 2.55 bits per heavy atom. The number of aliphatic hydroxyl groups is 2. The first-order valence-corrected chi connectivity index (χ1v) is 17.5. The normalized spacial score (nSPS) is 25.2. The molecule has 0 amide bonds. The number of aliphatic hydroxyl groups excluding tert-OH is 2. The summed E-state index contributed by atoms with van der Waals surface area (Å²) < 4.78 is 44.5. The van der Waals surface area contributed by atoms with Gasteiger partial charge in [0.05, 0.1) is 32.1 Å². The minimum absolute atomic E-state index is 0.206. The number of fused-ring (bicyclic) bond motifs is 1. The highest BCUT2D eigenvalue weighted by atomic mass is 31.2. The standard InChI is InChI=1S/C31H45N6O9P/c1-5-21(6-2)17-43-30(40)20(3)35-47(41,46-23-9-7-22(8-10-23)36-13-15-42-16-14-36)44-18-25-27(38)28(39)31(4,45-25)26-12-11-24-29(32)33-19-34-37(24)26/h7-12,19-21,25,27-28,38-39H,5-6,13-18H2,1-4H3,(H,35,41)(H2,32,33,34)/t20-,25+,27+,28+,31-,47?/m0/s1. The van der Waals surface area contributed by atoms with Crippen LogP contribution in [0.5, 0.6) is 5.75 Å². The highest BCUT2D eigenvalue weighted by molar-refractivity contribution is 7.52. The number of anilines is 2. The van der Waals surface area contributed by atoms with Crippen molar-refractivity contribution in [1.29, 1.82) is 0 Å². The van der Waals surface area contributed by atoms with Crippen LogP contribution < -0.4 is 20.2 Å². The van der Waals surface area contributed by atoms with E-state index >= 15 is 0 Å². The van der Waals surface area contributed by atoms with E-state index in [4.69, 9.17) is 29.0 Å². The van der Waals surface area contributed by atoms with Crippen molar-refractivity contribution in [3.63, 3.8) is 0 Å². The molecule has 5 N–H and O–H groups in total. The van der Waals surface area contributed by atoms with Crippen LogP contribution in [0.25, 0.3) is 5.52 Å². The quantitative estimate of drug-likeness (QED) is 0.144. The second-order valence-electron chi connectivity index (χ2n) is 12.0. The summed E-state index contributed by atoms with van der Waals surface area (Å²) in [7, 11) is -4.31. The van der Waals surface area contributed by atoms with Crippen LogP contribution in [0.15, 0.2) is 42.7 Å². The van der Waals surface area contributed by atoms with Gasteiger partial charge in [-0.25, -0.2) is 14.1 Å². The third-order valence-corrected chi connectivity index (χ3v) is 10.5. The summed E-state index contributed by atoms with van der Waals surface area (Å²) in [4.78, 5) is 19.0. The average molecular weight is 677 g/mol. The van der Waals surface area contributed by atoms with Gasteiger partial charge in [-0.05, 0) is 56.2 Å². The molecular weight excluding hydrogens is 631 g/mol. The molecule has 15 nitrogen and oxygen atoms in total. The Morgan fingerprint density at radius 1 is 1.17 bits per heavy atom. The van der Waals surface area contributed by atoms with Crippen LogP contribution >= 0.6 is 7.75 Å². The van der Waals surface area contributed by atoms with Gasteiger partial charge in [0.2, 0.25) is 0 Å². The van der Waals surface area contributed by atoms with Crippen molar-refractivity contribution in [2.75, 3.05) is 50.2 Å². The van der Waals surface area contributed by atoms with Crippen LogP contribution in [0, 0.1) is 5.92 Å². The Labute approximate surface area is 273 Å². The molecule has 2 aliphatic heterocycles. The van der Waals surface area contributed by atoms with Crippen molar-refractivity contribution in [1.82, 2.24) is 19.7 Å². The average Bonchev–Trinajstić information content (AvgIpc) is 3.61. The van der Waals surface area contributed by atoms with Crippen LogP contribution in [0.3, 0.4) is 0 Å². The van der Waals surface area contributed by atoms with Crippen molar-refractivity contribution in [2.45, 2.75) is 70.5 Å². The molecule has 1 aromatic carbocycles. The number of nitrogens with two attached hydrogens (primary N) is 1. The fourth-order valence-electron chi connectivity index (χ4n) is 5.74. The molecular formula is C31H45N6O9P. The van der Waals surface area contributed by atoms with Gasteiger partial charge < -0.3 is 39.6 Å². The summed E-state index contributed by atoms with van der Waals surface area (Å²) in [6.07, 6.45) is -1.01. The third-order valence-electron chi connectivity index (χ3n) is 8.82. The van der Waals surface area contributed by atoms with E-state index in [0.29, 0.717) is 24.4 Å². The molecule has 4 heterocycles. The number of hydrogen-bond donors (Lipinski definition) is 4. The fraction of sp³-hybridized carbons (Fsp3) is 0.581. The Bertz CT molecular complexity index is 1550. The van der Waals surface area contributed by atoms with Crippen molar-refractivity contribution in [3.05, 3.63) is 48.4 Å². The third kappa shape index (κ3) is 7.72. The van der Waals surface area contributed by atoms with Crippen LogP contribution in [-0.2, 0) is 33.7 Å². The van der Waals surface area contributed by atoms with Crippen LogP contribution in [0.1, 0.15) is 46.2 Å². The lowest BCUT2D eigenvalue weighted by Crippen LogP contribution is -2.40. The summed E-state index contributed by atoms with van der Waals surface area (Å²) in [6.45, 7) is 9.66. The minimum atomic E-state index is -4.31. The number of carbonyl (C=O) groups is 1. The molecule has 2 aromatic heterocycles. The van der Waals surface area contributed by atoms with Crippen LogP contribution in [0.4, 0.5) is 11.5 Å². The first-order chi connectivity index (χ1) is 22.5. The maximum absolute atomic E-state index is 14.3. The summed E-state index contributed by atoms with van der Waals surface area (Å²) >= 11 is 0. The summed E-state index contributed by atoms with van der Waals surface area (Å²) in [5.74, 6) is 0.0499. The zero-order valence-electron chi connectivity index (χ0n) is 27.2. The number of rotatable bonds is 14. The predicted octanol–water partition coefficient (Wildman–Crippen LogP) is 2.65. The van der Waals surface area contributed by atoms with E-state index < -0.39 is 50.3 Å².